The molecule has 2 nitrogen and oxygen atoms in total. The number of thiophene rings is 1. The van der Waals surface area contributed by atoms with Crippen LogP contribution in [0.4, 0.5) is 0 Å². The number of aliphatic imine (C=N–C) groups is 1. The highest BCUT2D eigenvalue weighted by atomic mass is 32.1. The Morgan fingerprint density at radius 1 is 0.690 bits per heavy atom. The lowest BCUT2D eigenvalue weighted by Crippen LogP contribution is -2.05. The minimum Gasteiger partial charge on any atom is -0.293 e. The number of rotatable bonds is 3. The van der Waals surface area contributed by atoms with E-state index in [0.717, 1.165) is 17.1 Å². The van der Waals surface area contributed by atoms with Gasteiger partial charge in [-0.2, -0.15) is 0 Å². The molecule has 0 spiro atoms. The molecule has 0 aliphatic heterocycles. The van der Waals surface area contributed by atoms with E-state index in [2.05, 4.69) is 152 Å². The van der Waals surface area contributed by atoms with Crippen molar-refractivity contribution in [1.82, 2.24) is 4.57 Å². The topological polar surface area (TPSA) is 17.3 Å². The molecule has 2 heterocycles. The summed E-state index contributed by atoms with van der Waals surface area (Å²) in [6.07, 6.45) is 10.6. The van der Waals surface area contributed by atoms with Crippen molar-refractivity contribution in [1.29, 1.82) is 0 Å². The summed E-state index contributed by atoms with van der Waals surface area (Å²) < 4.78 is 5.05. The zero-order valence-electron chi connectivity index (χ0n) is 23.5. The summed E-state index contributed by atoms with van der Waals surface area (Å²) in [6.45, 7) is 4.28. The normalized spacial score (nSPS) is 16.1. The van der Waals surface area contributed by atoms with Crippen LogP contribution in [0.25, 0.3) is 64.1 Å². The molecule has 0 atom stereocenters. The van der Waals surface area contributed by atoms with Crippen molar-refractivity contribution >= 4 is 81.2 Å². The average molecular weight is 557 g/mol. The number of aromatic nitrogens is 1. The molecule has 7 aromatic rings. The SMILES string of the molecule is C\C=C(/N=C1\C=CC=C\C1=C(\C)c1ccccc1)n1c2ccccc2c2c3c4ccccc4sc3c3ccccc3c21. The summed E-state index contributed by atoms with van der Waals surface area (Å²) in [7, 11) is 0. The highest BCUT2D eigenvalue weighted by Crippen LogP contribution is 2.48. The smallest absolute Gasteiger partial charge is 0.133 e. The fraction of sp³-hybridized carbons (Fsp3) is 0.0513. The lowest BCUT2D eigenvalue weighted by atomic mass is 9.95. The fourth-order valence-corrected chi connectivity index (χ4v) is 7.70. The number of hydrogen-bond acceptors (Lipinski definition) is 2. The molecule has 1 aliphatic carbocycles. The van der Waals surface area contributed by atoms with Crippen molar-refractivity contribution in [2.24, 2.45) is 4.99 Å². The van der Waals surface area contributed by atoms with Crippen LogP contribution in [0, 0.1) is 0 Å². The Morgan fingerprint density at radius 2 is 1.36 bits per heavy atom. The average Bonchev–Trinajstić information content (AvgIpc) is 3.61. The molecule has 42 heavy (non-hydrogen) atoms. The molecule has 8 rings (SSSR count). The minimum atomic E-state index is 0.915. The first-order valence-electron chi connectivity index (χ1n) is 14.4. The summed E-state index contributed by atoms with van der Waals surface area (Å²) in [5, 5.41) is 7.73. The maximum absolute atomic E-state index is 5.41. The molecule has 0 N–H and O–H groups in total. The molecule has 200 valence electrons. The molecule has 0 fully saturated rings. The van der Waals surface area contributed by atoms with Gasteiger partial charge >= 0.3 is 0 Å². The van der Waals surface area contributed by atoms with Gasteiger partial charge in [0.05, 0.1) is 16.7 Å². The monoisotopic (exact) mass is 556 g/mol. The third-order valence-electron chi connectivity index (χ3n) is 8.38. The summed E-state index contributed by atoms with van der Waals surface area (Å²) in [5.41, 5.74) is 6.89. The van der Waals surface area contributed by atoms with Crippen molar-refractivity contribution in [3.05, 3.63) is 145 Å². The van der Waals surface area contributed by atoms with Crippen molar-refractivity contribution in [3.8, 4) is 0 Å². The van der Waals surface area contributed by atoms with Crippen LogP contribution in [0.2, 0.25) is 0 Å². The lowest BCUT2D eigenvalue weighted by Gasteiger charge is -2.15. The maximum Gasteiger partial charge on any atom is 0.133 e. The molecular weight excluding hydrogens is 529 g/mol. The number of allylic oxidation sites excluding steroid dienone is 7. The van der Waals surface area contributed by atoms with Gasteiger partial charge in [-0.1, -0.05) is 109 Å². The Hall–Kier alpha value is -4.99. The van der Waals surface area contributed by atoms with Gasteiger partial charge in [-0.25, -0.2) is 4.99 Å². The summed E-state index contributed by atoms with van der Waals surface area (Å²) in [5.74, 6) is 0.915. The molecule has 0 unspecified atom stereocenters. The van der Waals surface area contributed by atoms with Gasteiger partial charge in [0.1, 0.15) is 5.82 Å². The molecular formula is C39H28N2S. The predicted molar refractivity (Wildman–Crippen MR) is 185 cm³/mol. The largest absolute Gasteiger partial charge is 0.293 e. The van der Waals surface area contributed by atoms with Crippen LogP contribution < -0.4 is 0 Å². The second kappa shape index (κ2) is 9.83. The van der Waals surface area contributed by atoms with Crippen LogP contribution in [0.15, 0.2) is 144 Å². The van der Waals surface area contributed by atoms with Gasteiger partial charge in [-0.05, 0) is 49.3 Å². The lowest BCUT2D eigenvalue weighted by molar-refractivity contribution is 1.17. The molecule has 0 amide bonds. The first-order chi connectivity index (χ1) is 20.7. The highest BCUT2D eigenvalue weighted by Gasteiger charge is 2.22. The van der Waals surface area contributed by atoms with E-state index in [1.54, 1.807) is 0 Å². The second-order valence-electron chi connectivity index (χ2n) is 10.7. The van der Waals surface area contributed by atoms with Gasteiger partial charge in [0.25, 0.3) is 0 Å². The summed E-state index contributed by atoms with van der Waals surface area (Å²) >= 11 is 1.89. The van der Waals surface area contributed by atoms with E-state index >= 15 is 0 Å². The Morgan fingerprint density at radius 3 is 2.17 bits per heavy atom. The third kappa shape index (κ3) is 3.67. The Bertz CT molecular complexity index is 2350. The zero-order valence-corrected chi connectivity index (χ0v) is 24.3. The molecule has 0 bridgehead atoms. The molecule has 1 aliphatic rings. The van der Waals surface area contributed by atoms with Crippen LogP contribution in [-0.4, -0.2) is 10.3 Å². The molecule has 3 heteroatoms. The minimum absolute atomic E-state index is 0.915. The van der Waals surface area contributed by atoms with E-state index in [0.29, 0.717) is 0 Å². The van der Waals surface area contributed by atoms with Crippen molar-refractivity contribution < 1.29 is 0 Å². The van der Waals surface area contributed by atoms with Gasteiger partial charge < -0.3 is 0 Å². The first-order valence-corrected chi connectivity index (χ1v) is 15.2. The number of hydrogen-bond donors (Lipinski definition) is 0. The van der Waals surface area contributed by atoms with Gasteiger partial charge in [-0.3, -0.25) is 4.57 Å². The van der Waals surface area contributed by atoms with Crippen LogP contribution in [0.5, 0.6) is 0 Å². The van der Waals surface area contributed by atoms with Gasteiger partial charge in [0.2, 0.25) is 0 Å². The highest BCUT2D eigenvalue weighted by molar-refractivity contribution is 7.27. The standard InChI is InChI=1S/C39H28N2S/c1-3-35(40-32-22-12-9-17-27(32)25(2)26-15-5-4-6-16-26)41-33-23-13-10-20-30(33)36-37-31-21-11-14-24-34(31)42-39(37)29-19-8-7-18-28(29)38(36)41/h3-24H,1-2H3/b27-25+,35-3+,40-32+. The predicted octanol–water partition coefficient (Wildman–Crippen LogP) is 11.2. The van der Waals surface area contributed by atoms with Gasteiger partial charge in [0.15, 0.2) is 0 Å². The van der Waals surface area contributed by atoms with Crippen LogP contribution in [0.1, 0.15) is 19.4 Å². The Kier molecular flexibility index (Phi) is 5.80. The van der Waals surface area contributed by atoms with Crippen molar-refractivity contribution in [2.45, 2.75) is 13.8 Å². The number of benzene rings is 5. The van der Waals surface area contributed by atoms with Crippen molar-refractivity contribution in [2.75, 3.05) is 0 Å². The fourth-order valence-electron chi connectivity index (χ4n) is 6.46. The summed E-state index contributed by atoms with van der Waals surface area (Å²) in [6, 6.07) is 37.0. The van der Waals surface area contributed by atoms with Crippen LogP contribution >= 0.6 is 11.3 Å². The zero-order chi connectivity index (χ0) is 28.2. The van der Waals surface area contributed by atoms with E-state index in [4.69, 9.17) is 4.99 Å². The Balaban J connectivity index is 1.49. The van der Waals surface area contributed by atoms with E-state index < -0.39 is 0 Å². The van der Waals surface area contributed by atoms with E-state index in [9.17, 15) is 0 Å². The molecule has 0 saturated heterocycles. The van der Waals surface area contributed by atoms with Crippen molar-refractivity contribution in [3.63, 3.8) is 0 Å². The molecule has 2 aromatic heterocycles. The molecule has 5 aromatic carbocycles. The third-order valence-corrected chi connectivity index (χ3v) is 9.59. The molecule has 0 saturated carbocycles. The summed E-state index contributed by atoms with van der Waals surface area (Å²) in [4.78, 5) is 5.41. The quantitative estimate of drug-likeness (QED) is 0.206. The van der Waals surface area contributed by atoms with E-state index in [1.165, 1.54) is 63.9 Å². The second-order valence-corrected chi connectivity index (χ2v) is 11.7. The van der Waals surface area contributed by atoms with Gasteiger partial charge in [-0.15, -0.1) is 11.3 Å². The van der Waals surface area contributed by atoms with Crippen LogP contribution in [-0.2, 0) is 0 Å². The van der Waals surface area contributed by atoms with Crippen LogP contribution in [0.3, 0.4) is 0 Å². The number of para-hydroxylation sites is 1. The Labute approximate surface area is 248 Å². The molecule has 0 radical (unpaired) electrons. The van der Waals surface area contributed by atoms with Gasteiger partial charge in [0, 0.05) is 47.3 Å². The number of fused-ring (bicyclic) bond motifs is 10. The van der Waals surface area contributed by atoms with E-state index in [-0.39, 0.29) is 0 Å². The number of nitrogens with zero attached hydrogens (tertiary/aromatic N) is 2. The maximum atomic E-state index is 5.41. The van der Waals surface area contributed by atoms with E-state index in [1.807, 2.05) is 11.3 Å². The first kappa shape index (κ1) is 24.8.